The van der Waals surface area contributed by atoms with Crippen LogP contribution in [0, 0.1) is 11.3 Å². The lowest BCUT2D eigenvalue weighted by Gasteiger charge is -2.35. The maximum absolute atomic E-state index is 12.3. The third-order valence-electron chi connectivity index (χ3n) is 3.59. The second-order valence-corrected chi connectivity index (χ2v) is 6.23. The van der Waals surface area contributed by atoms with E-state index in [2.05, 4.69) is 11.4 Å². The highest BCUT2D eigenvalue weighted by molar-refractivity contribution is 7.14. The molecule has 2 heterocycles. The van der Waals surface area contributed by atoms with E-state index < -0.39 is 0 Å². The molecule has 0 saturated carbocycles. The molecule has 1 aliphatic rings. The Hall–Kier alpha value is -1.42. The number of hydrogen-bond acceptors (Lipinski definition) is 4. The number of nitrogens with one attached hydrogen (secondary N) is 2. The third kappa shape index (κ3) is 3.37. The van der Waals surface area contributed by atoms with Crippen LogP contribution in [-0.4, -0.2) is 37.2 Å². The summed E-state index contributed by atoms with van der Waals surface area (Å²) in [5.41, 5.74) is 0.522. The minimum absolute atomic E-state index is 0.0414. The number of morpholine rings is 1. The van der Waals surface area contributed by atoms with Crippen LogP contribution in [0.2, 0.25) is 0 Å². The van der Waals surface area contributed by atoms with Crippen molar-refractivity contribution < 1.29 is 14.4 Å². The zero-order chi connectivity index (χ0) is 14.7. The van der Waals surface area contributed by atoms with Gasteiger partial charge in [0.15, 0.2) is 6.04 Å². The lowest BCUT2D eigenvalue weighted by atomic mass is 10.1. The Morgan fingerprint density at radius 3 is 2.80 bits per heavy atom. The molecule has 5 nitrogen and oxygen atoms in total. The summed E-state index contributed by atoms with van der Waals surface area (Å²) in [5.74, 6) is -0.0414. The topological polar surface area (TPSA) is 66.6 Å². The van der Waals surface area contributed by atoms with Gasteiger partial charge in [0.25, 0.3) is 5.91 Å². The lowest BCUT2D eigenvalue weighted by Crippen LogP contribution is -3.19. The number of hydrogen-bond donors (Lipinski definition) is 2. The fourth-order valence-electron chi connectivity index (χ4n) is 2.57. The molecule has 1 amide bonds. The Balaban J connectivity index is 2.00. The van der Waals surface area contributed by atoms with E-state index in [4.69, 9.17) is 10.00 Å². The molecular weight excluding hydrogens is 274 g/mol. The number of thiophene rings is 1. The molecule has 3 atom stereocenters. The molecular formula is C14H20N3O2S+. The smallest absolute Gasteiger partial charge is 0.283 e. The van der Waals surface area contributed by atoms with E-state index in [0.717, 1.165) is 13.1 Å². The first-order chi connectivity index (χ1) is 9.51. The first-order valence-electron chi connectivity index (χ1n) is 6.79. The fourth-order valence-corrected chi connectivity index (χ4v) is 3.31. The molecule has 1 aliphatic heterocycles. The van der Waals surface area contributed by atoms with Crippen LogP contribution in [0.5, 0.6) is 0 Å². The van der Waals surface area contributed by atoms with Crippen molar-refractivity contribution in [1.82, 2.24) is 0 Å². The molecule has 0 aliphatic carbocycles. The predicted octanol–water partition coefficient (Wildman–Crippen LogP) is 0.639. The molecule has 0 spiro atoms. The molecule has 0 aromatic carbocycles. The Kier molecular flexibility index (Phi) is 4.76. The van der Waals surface area contributed by atoms with E-state index in [9.17, 15) is 4.79 Å². The van der Waals surface area contributed by atoms with Crippen LogP contribution in [0.1, 0.15) is 26.3 Å². The van der Waals surface area contributed by atoms with Crippen LogP contribution in [-0.2, 0) is 9.53 Å². The van der Waals surface area contributed by atoms with Crippen LogP contribution in [0.3, 0.4) is 0 Å². The molecule has 108 valence electrons. The van der Waals surface area contributed by atoms with E-state index in [1.54, 1.807) is 6.07 Å². The average Bonchev–Trinajstić information content (AvgIpc) is 2.83. The van der Waals surface area contributed by atoms with Gasteiger partial charge in [0.2, 0.25) is 0 Å². The molecule has 20 heavy (non-hydrogen) atoms. The van der Waals surface area contributed by atoms with E-state index in [-0.39, 0.29) is 24.2 Å². The SMILES string of the molecule is C[C@@H]1C[NH+]([C@@H](C)C(=O)Nc2sccc2C#N)C[C@@H](C)O1. The van der Waals surface area contributed by atoms with Crippen molar-refractivity contribution in [2.75, 3.05) is 18.4 Å². The number of nitrogens with zero attached hydrogens (tertiary/aromatic N) is 1. The summed E-state index contributed by atoms with van der Waals surface area (Å²) in [7, 11) is 0. The summed E-state index contributed by atoms with van der Waals surface area (Å²) < 4.78 is 5.70. The van der Waals surface area contributed by atoms with E-state index in [1.807, 2.05) is 26.2 Å². The average molecular weight is 294 g/mol. The molecule has 1 fully saturated rings. The Bertz CT molecular complexity index is 513. The van der Waals surface area contributed by atoms with Crippen molar-refractivity contribution in [2.24, 2.45) is 0 Å². The van der Waals surface area contributed by atoms with Crippen LogP contribution < -0.4 is 10.2 Å². The number of amides is 1. The van der Waals surface area contributed by atoms with E-state index >= 15 is 0 Å². The maximum atomic E-state index is 12.3. The van der Waals surface area contributed by atoms with Gasteiger partial charge >= 0.3 is 0 Å². The molecule has 2 rings (SSSR count). The summed E-state index contributed by atoms with van der Waals surface area (Å²) in [4.78, 5) is 13.5. The van der Waals surface area contributed by atoms with Gasteiger partial charge in [-0.15, -0.1) is 11.3 Å². The summed E-state index contributed by atoms with van der Waals surface area (Å²) >= 11 is 1.38. The molecule has 1 saturated heterocycles. The molecule has 6 heteroatoms. The van der Waals surface area contributed by atoms with Gasteiger partial charge in [-0.1, -0.05) is 0 Å². The van der Waals surface area contributed by atoms with Crippen molar-refractivity contribution in [2.45, 2.75) is 39.0 Å². The van der Waals surface area contributed by atoms with E-state index in [1.165, 1.54) is 16.2 Å². The number of carbonyl (C=O) groups excluding carboxylic acids is 1. The fraction of sp³-hybridized carbons (Fsp3) is 0.571. The van der Waals surface area contributed by atoms with Crippen molar-refractivity contribution in [3.63, 3.8) is 0 Å². The van der Waals surface area contributed by atoms with Gasteiger partial charge in [-0.3, -0.25) is 4.79 Å². The number of quaternary nitrogens is 1. The molecule has 1 aromatic heterocycles. The molecule has 0 radical (unpaired) electrons. The summed E-state index contributed by atoms with van der Waals surface area (Å²) in [5, 5.41) is 14.3. The van der Waals surface area contributed by atoms with Gasteiger partial charge in [-0.05, 0) is 32.2 Å². The Morgan fingerprint density at radius 1 is 1.55 bits per heavy atom. The normalized spacial score (nSPS) is 27.6. The number of nitriles is 1. The first-order valence-corrected chi connectivity index (χ1v) is 7.67. The molecule has 1 aromatic rings. The zero-order valence-corrected chi connectivity index (χ0v) is 12.8. The quantitative estimate of drug-likeness (QED) is 0.860. The molecule has 0 bridgehead atoms. The van der Waals surface area contributed by atoms with Gasteiger partial charge in [0, 0.05) is 0 Å². The monoisotopic (exact) mass is 294 g/mol. The highest BCUT2D eigenvalue weighted by atomic mass is 32.1. The number of anilines is 1. The highest BCUT2D eigenvalue weighted by Gasteiger charge is 2.33. The number of rotatable bonds is 3. The van der Waals surface area contributed by atoms with Gasteiger partial charge in [0.05, 0.1) is 5.56 Å². The van der Waals surface area contributed by atoms with Crippen molar-refractivity contribution in [3.05, 3.63) is 17.0 Å². The summed E-state index contributed by atoms with van der Waals surface area (Å²) in [6, 6.07) is 3.65. The molecule has 2 N–H and O–H groups in total. The van der Waals surface area contributed by atoms with Gasteiger partial charge < -0.3 is 15.0 Å². The van der Waals surface area contributed by atoms with Gasteiger partial charge in [0.1, 0.15) is 36.4 Å². The lowest BCUT2D eigenvalue weighted by molar-refractivity contribution is -0.928. The van der Waals surface area contributed by atoms with Crippen molar-refractivity contribution in [1.29, 1.82) is 5.26 Å². The van der Waals surface area contributed by atoms with E-state index in [0.29, 0.717) is 10.6 Å². The molecule has 0 unspecified atom stereocenters. The first kappa shape index (κ1) is 15.0. The van der Waals surface area contributed by atoms with Crippen LogP contribution >= 0.6 is 11.3 Å². The third-order valence-corrected chi connectivity index (χ3v) is 4.42. The standard InChI is InChI=1S/C14H19N3O2S/c1-9-7-17(8-10(2)19-9)11(3)13(18)16-14-12(6-15)4-5-20-14/h4-5,9-11H,7-8H2,1-3H3,(H,16,18)/p+1/t9-,10-,11+/m1/s1. The second kappa shape index (κ2) is 6.35. The zero-order valence-electron chi connectivity index (χ0n) is 12.0. The minimum atomic E-state index is -0.155. The van der Waals surface area contributed by atoms with Crippen molar-refractivity contribution >= 4 is 22.2 Å². The van der Waals surface area contributed by atoms with Gasteiger partial charge in [-0.2, -0.15) is 5.26 Å². The largest absolute Gasteiger partial charge is 0.364 e. The van der Waals surface area contributed by atoms with Crippen molar-refractivity contribution in [3.8, 4) is 6.07 Å². The summed E-state index contributed by atoms with van der Waals surface area (Å²) in [6.07, 6.45) is 0.334. The number of carbonyl (C=O) groups is 1. The van der Waals surface area contributed by atoms with Crippen LogP contribution in [0.25, 0.3) is 0 Å². The number of ether oxygens (including phenoxy) is 1. The Labute approximate surface area is 123 Å². The second-order valence-electron chi connectivity index (χ2n) is 5.31. The van der Waals surface area contributed by atoms with Crippen LogP contribution in [0.15, 0.2) is 11.4 Å². The van der Waals surface area contributed by atoms with Crippen LogP contribution in [0.4, 0.5) is 5.00 Å². The summed E-state index contributed by atoms with van der Waals surface area (Å²) in [6.45, 7) is 7.65. The minimum Gasteiger partial charge on any atom is -0.364 e. The predicted molar refractivity (Wildman–Crippen MR) is 77.8 cm³/mol. The van der Waals surface area contributed by atoms with Gasteiger partial charge in [-0.25, -0.2) is 0 Å². The Morgan fingerprint density at radius 2 is 2.20 bits per heavy atom. The maximum Gasteiger partial charge on any atom is 0.283 e. The highest BCUT2D eigenvalue weighted by Crippen LogP contribution is 2.22.